The lowest BCUT2D eigenvalue weighted by atomic mass is 9.96. The Morgan fingerprint density at radius 2 is 2.28 bits per heavy atom. The van der Waals surface area contributed by atoms with Gasteiger partial charge in [-0.2, -0.15) is 0 Å². The van der Waals surface area contributed by atoms with Crippen LogP contribution >= 0.6 is 0 Å². The van der Waals surface area contributed by atoms with Crippen LogP contribution in [0, 0.1) is 0 Å². The number of rotatable bonds is 9. The summed E-state index contributed by atoms with van der Waals surface area (Å²) in [5.74, 6) is 0. The van der Waals surface area contributed by atoms with Crippen LogP contribution in [0.15, 0.2) is 0 Å². The van der Waals surface area contributed by atoms with Crippen molar-refractivity contribution in [2.75, 3.05) is 26.4 Å². The van der Waals surface area contributed by atoms with Crippen molar-refractivity contribution >= 4 is 0 Å². The summed E-state index contributed by atoms with van der Waals surface area (Å²) in [6, 6.07) is 0.384. The second-order valence-electron chi connectivity index (χ2n) is 5.83. The smallest absolute Gasteiger partial charge is 0.0809 e. The Morgan fingerprint density at radius 3 is 2.83 bits per heavy atom. The van der Waals surface area contributed by atoms with Crippen LogP contribution in [0.3, 0.4) is 0 Å². The van der Waals surface area contributed by atoms with E-state index in [4.69, 9.17) is 9.47 Å². The first-order valence-corrected chi connectivity index (χ1v) is 7.13. The maximum absolute atomic E-state index is 9.44. The van der Waals surface area contributed by atoms with Crippen LogP contribution in [0.25, 0.3) is 0 Å². The summed E-state index contributed by atoms with van der Waals surface area (Å²) in [6.07, 6.45) is 4.48. The minimum atomic E-state index is -0.193. The summed E-state index contributed by atoms with van der Waals surface area (Å²) in [5, 5.41) is 12.8. The maximum atomic E-state index is 9.44. The molecule has 0 spiro atoms. The lowest BCUT2D eigenvalue weighted by Crippen LogP contribution is -2.49. The quantitative estimate of drug-likeness (QED) is 0.619. The van der Waals surface area contributed by atoms with Crippen molar-refractivity contribution in [3.63, 3.8) is 0 Å². The summed E-state index contributed by atoms with van der Waals surface area (Å²) < 4.78 is 11.1. The van der Waals surface area contributed by atoms with Gasteiger partial charge in [-0.1, -0.05) is 13.8 Å². The Labute approximate surface area is 111 Å². The number of aliphatic hydroxyl groups excluding tert-OH is 1. The van der Waals surface area contributed by atoms with E-state index >= 15 is 0 Å². The molecule has 4 nitrogen and oxygen atoms in total. The molecule has 1 aliphatic heterocycles. The number of ether oxygens (including phenoxy) is 2. The van der Waals surface area contributed by atoms with E-state index in [-0.39, 0.29) is 12.1 Å². The van der Waals surface area contributed by atoms with Gasteiger partial charge in [-0.05, 0) is 32.6 Å². The summed E-state index contributed by atoms with van der Waals surface area (Å²) in [5.41, 5.74) is -0.193. The average Bonchev–Trinajstić information content (AvgIpc) is 2.80. The van der Waals surface area contributed by atoms with Gasteiger partial charge in [0.1, 0.15) is 0 Å². The second kappa shape index (κ2) is 8.10. The first-order valence-electron chi connectivity index (χ1n) is 7.13. The zero-order valence-electron chi connectivity index (χ0n) is 12.1. The monoisotopic (exact) mass is 259 g/mol. The molecule has 2 atom stereocenters. The highest BCUT2D eigenvalue weighted by atomic mass is 16.5. The van der Waals surface area contributed by atoms with Gasteiger partial charge < -0.3 is 19.9 Å². The molecule has 0 aliphatic carbocycles. The third-order valence-corrected chi connectivity index (χ3v) is 3.33. The molecular formula is C14H29NO3. The first kappa shape index (κ1) is 15.9. The normalized spacial score (nSPS) is 23.5. The lowest BCUT2D eigenvalue weighted by molar-refractivity contribution is 0.0136. The van der Waals surface area contributed by atoms with Crippen LogP contribution in [0.4, 0.5) is 0 Å². The van der Waals surface area contributed by atoms with Crippen LogP contribution in [0.5, 0.6) is 0 Å². The summed E-state index contributed by atoms with van der Waals surface area (Å²) in [7, 11) is 0. The van der Waals surface area contributed by atoms with Crippen LogP contribution < -0.4 is 5.32 Å². The number of aliphatic hydroxyl groups is 1. The molecular weight excluding hydrogens is 230 g/mol. The molecule has 2 N–H and O–H groups in total. The largest absolute Gasteiger partial charge is 0.394 e. The van der Waals surface area contributed by atoms with Gasteiger partial charge in [-0.25, -0.2) is 0 Å². The molecule has 2 unspecified atom stereocenters. The Kier molecular flexibility index (Phi) is 7.15. The van der Waals surface area contributed by atoms with E-state index in [0.717, 1.165) is 38.9 Å². The van der Waals surface area contributed by atoms with Crippen LogP contribution in [0.1, 0.15) is 46.5 Å². The SMILES string of the molecule is CC(C)NC(C)(CO)CCCOCC1CCCO1. The number of hydrogen-bond acceptors (Lipinski definition) is 4. The predicted molar refractivity (Wildman–Crippen MR) is 72.8 cm³/mol. The van der Waals surface area contributed by atoms with Gasteiger partial charge in [0.15, 0.2) is 0 Å². The van der Waals surface area contributed by atoms with Gasteiger partial charge in [0.25, 0.3) is 0 Å². The molecule has 4 heteroatoms. The van der Waals surface area contributed by atoms with Crippen molar-refractivity contribution in [1.29, 1.82) is 0 Å². The molecule has 0 aromatic heterocycles. The standard InChI is InChI=1S/C14H29NO3/c1-12(2)15-14(3,11-16)7-5-8-17-10-13-6-4-9-18-13/h12-13,15-16H,4-11H2,1-3H3. The highest BCUT2D eigenvalue weighted by Gasteiger charge is 2.23. The third kappa shape index (κ3) is 6.14. The molecule has 0 saturated carbocycles. The highest BCUT2D eigenvalue weighted by Crippen LogP contribution is 2.14. The minimum absolute atomic E-state index is 0.164. The topological polar surface area (TPSA) is 50.7 Å². The highest BCUT2D eigenvalue weighted by molar-refractivity contribution is 4.83. The van der Waals surface area contributed by atoms with Crippen molar-refractivity contribution in [3.05, 3.63) is 0 Å². The fraction of sp³-hybridized carbons (Fsp3) is 1.00. The number of hydrogen-bond donors (Lipinski definition) is 2. The summed E-state index contributed by atoms with van der Waals surface area (Å²) >= 11 is 0. The Morgan fingerprint density at radius 1 is 1.50 bits per heavy atom. The molecule has 0 radical (unpaired) electrons. The molecule has 1 rings (SSSR count). The molecule has 1 heterocycles. The molecule has 18 heavy (non-hydrogen) atoms. The van der Waals surface area contributed by atoms with Crippen LogP contribution in [-0.4, -0.2) is 49.2 Å². The number of nitrogens with one attached hydrogen (secondary N) is 1. The van der Waals surface area contributed by atoms with Crippen molar-refractivity contribution in [2.24, 2.45) is 0 Å². The average molecular weight is 259 g/mol. The van der Waals surface area contributed by atoms with E-state index in [1.54, 1.807) is 0 Å². The van der Waals surface area contributed by atoms with E-state index in [9.17, 15) is 5.11 Å². The molecule has 1 saturated heterocycles. The fourth-order valence-corrected chi connectivity index (χ4v) is 2.45. The van der Waals surface area contributed by atoms with E-state index in [1.165, 1.54) is 0 Å². The zero-order chi connectivity index (χ0) is 13.4. The van der Waals surface area contributed by atoms with Crippen molar-refractivity contribution in [2.45, 2.75) is 64.1 Å². The van der Waals surface area contributed by atoms with Crippen molar-refractivity contribution < 1.29 is 14.6 Å². The lowest BCUT2D eigenvalue weighted by Gasteiger charge is -2.31. The summed E-state index contributed by atoms with van der Waals surface area (Å²) in [4.78, 5) is 0. The van der Waals surface area contributed by atoms with Crippen LogP contribution in [0.2, 0.25) is 0 Å². The van der Waals surface area contributed by atoms with E-state index < -0.39 is 0 Å². The molecule has 0 bridgehead atoms. The molecule has 1 aliphatic rings. The van der Waals surface area contributed by atoms with Gasteiger partial charge in [-0.3, -0.25) is 0 Å². The van der Waals surface area contributed by atoms with Gasteiger partial charge in [-0.15, -0.1) is 0 Å². The third-order valence-electron chi connectivity index (χ3n) is 3.33. The van der Waals surface area contributed by atoms with Gasteiger partial charge in [0, 0.05) is 24.8 Å². The predicted octanol–water partition coefficient (Wildman–Crippen LogP) is 1.71. The molecule has 0 aromatic rings. The Bertz CT molecular complexity index is 217. The molecule has 1 fully saturated rings. The maximum Gasteiger partial charge on any atom is 0.0809 e. The molecule has 108 valence electrons. The summed E-state index contributed by atoms with van der Waals surface area (Å²) in [6.45, 7) is 8.77. The first-order chi connectivity index (χ1) is 8.56. The minimum Gasteiger partial charge on any atom is -0.394 e. The molecule has 0 amide bonds. The Balaban J connectivity index is 2.07. The zero-order valence-corrected chi connectivity index (χ0v) is 12.1. The second-order valence-corrected chi connectivity index (χ2v) is 5.83. The van der Waals surface area contributed by atoms with Crippen molar-refractivity contribution in [1.82, 2.24) is 5.32 Å². The van der Waals surface area contributed by atoms with Gasteiger partial charge in [0.2, 0.25) is 0 Å². The van der Waals surface area contributed by atoms with Crippen molar-refractivity contribution in [3.8, 4) is 0 Å². The van der Waals surface area contributed by atoms with E-state index in [2.05, 4.69) is 26.1 Å². The molecule has 0 aromatic carbocycles. The van der Waals surface area contributed by atoms with Crippen LogP contribution in [-0.2, 0) is 9.47 Å². The van der Waals surface area contributed by atoms with E-state index in [1.807, 2.05) is 0 Å². The Hall–Kier alpha value is -0.160. The van der Waals surface area contributed by atoms with Gasteiger partial charge >= 0.3 is 0 Å². The fourth-order valence-electron chi connectivity index (χ4n) is 2.45. The van der Waals surface area contributed by atoms with Gasteiger partial charge in [0.05, 0.1) is 19.3 Å². The van der Waals surface area contributed by atoms with E-state index in [0.29, 0.717) is 18.8 Å².